The minimum atomic E-state index is -0.456. The molecule has 190 valence electrons. The first-order chi connectivity index (χ1) is 16.7. The lowest BCUT2D eigenvalue weighted by Crippen LogP contribution is -2.45. The molecule has 0 saturated carbocycles. The predicted molar refractivity (Wildman–Crippen MR) is 138 cm³/mol. The molecule has 0 radical (unpaired) electrons. The summed E-state index contributed by atoms with van der Waals surface area (Å²) in [6, 6.07) is 7.74. The van der Waals surface area contributed by atoms with Crippen LogP contribution in [-0.2, 0) is 0 Å². The van der Waals surface area contributed by atoms with Gasteiger partial charge in [0.15, 0.2) is 5.96 Å². The molecular formula is C25H44N8O. The molecule has 5 N–H and O–H groups in total. The monoisotopic (exact) mass is 472 g/mol. The normalized spacial score (nSPS) is 13.8. The Morgan fingerprint density at radius 3 is 2.15 bits per heavy atom. The van der Waals surface area contributed by atoms with Crippen LogP contribution < -0.4 is 21.1 Å². The quantitative estimate of drug-likeness (QED) is 0.0969. The zero-order chi connectivity index (χ0) is 24.3. The van der Waals surface area contributed by atoms with E-state index < -0.39 is 6.17 Å². The molecule has 0 aromatic heterocycles. The molecule has 1 unspecified atom stereocenters. The molecule has 1 aromatic carbocycles. The number of unbranched alkanes of at least 4 members (excludes halogenated alkanes) is 11. The van der Waals surface area contributed by atoms with Crippen LogP contribution in [0.4, 0.5) is 5.69 Å². The van der Waals surface area contributed by atoms with Gasteiger partial charge in [0.05, 0.1) is 18.3 Å². The summed E-state index contributed by atoms with van der Waals surface area (Å²) in [7, 11) is 0. The number of guanidine groups is 1. The molecule has 9 nitrogen and oxygen atoms in total. The number of nitrogens with two attached hydrogens (primary N) is 1. The maximum absolute atomic E-state index is 7.50. The Morgan fingerprint density at radius 2 is 1.53 bits per heavy atom. The summed E-state index contributed by atoms with van der Waals surface area (Å²) in [5.74, 6) is 0.746. The highest BCUT2D eigenvalue weighted by molar-refractivity contribution is 5.74. The molecule has 0 spiro atoms. The topological polar surface area (TPSA) is 133 Å². The summed E-state index contributed by atoms with van der Waals surface area (Å²) in [5.41, 5.74) is 6.45. The highest BCUT2D eigenvalue weighted by Gasteiger charge is 2.23. The summed E-state index contributed by atoms with van der Waals surface area (Å²) < 4.78 is 6.05. The van der Waals surface area contributed by atoms with E-state index in [1.807, 2.05) is 24.3 Å². The van der Waals surface area contributed by atoms with Gasteiger partial charge in [-0.1, -0.05) is 89.7 Å². The molecule has 1 atom stereocenters. The van der Waals surface area contributed by atoms with Crippen LogP contribution in [0.3, 0.4) is 0 Å². The molecule has 1 aliphatic heterocycles. The third kappa shape index (κ3) is 12.0. The Kier molecular flexibility index (Phi) is 14.4. The molecule has 9 heteroatoms. The van der Waals surface area contributed by atoms with Gasteiger partial charge in [-0.05, 0) is 35.4 Å². The highest BCUT2D eigenvalue weighted by atomic mass is 16.5. The zero-order valence-corrected chi connectivity index (χ0v) is 20.8. The van der Waals surface area contributed by atoms with Crippen LogP contribution in [0.15, 0.2) is 44.9 Å². The van der Waals surface area contributed by atoms with Crippen molar-refractivity contribution in [3.63, 3.8) is 0 Å². The van der Waals surface area contributed by atoms with E-state index in [1.54, 1.807) is 0 Å². The number of ether oxygens (including phenoxy) is 1. The maximum Gasteiger partial charge on any atom is 0.205 e. The van der Waals surface area contributed by atoms with Crippen molar-refractivity contribution in [3.8, 4) is 5.75 Å². The first-order valence-electron chi connectivity index (χ1n) is 13.1. The average Bonchev–Trinajstić information content (AvgIpc) is 3.37. The molecule has 0 aliphatic carbocycles. The second-order valence-electron chi connectivity index (χ2n) is 8.94. The van der Waals surface area contributed by atoms with E-state index in [0.29, 0.717) is 13.0 Å². The van der Waals surface area contributed by atoms with Gasteiger partial charge in [-0.25, -0.2) is 0 Å². The largest absolute Gasteiger partial charge is 0.491 e. The van der Waals surface area contributed by atoms with Crippen molar-refractivity contribution in [1.82, 2.24) is 5.32 Å². The summed E-state index contributed by atoms with van der Waals surface area (Å²) in [6.07, 6.45) is 16.2. The lowest BCUT2D eigenvalue weighted by Gasteiger charge is -2.20. The fourth-order valence-corrected chi connectivity index (χ4v) is 4.06. The Balaban J connectivity index is 1.57. The summed E-state index contributed by atoms with van der Waals surface area (Å²) in [4.78, 5) is 0. The van der Waals surface area contributed by atoms with E-state index in [4.69, 9.17) is 15.9 Å². The van der Waals surface area contributed by atoms with E-state index in [9.17, 15) is 0 Å². The fraction of sp³-hybridized carbons (Fsp3) is 0.720. The molecule has 0 saturated heterocycles. The lowest BCUT2D eigenvalue weighted by molar-refractivity contribution is 0.305. The fourth-order valence-electron chi connectivity index (χ4n) is 4.06. The summed E-state index contributed by atoms with van der Waals surface area (Å²) in [5, 5.41) is 28.8. The van der Waals surface area contributed by atoms with Crippen molar-refractivity contribution in [1.29, 1.82) is 5.41 Å². The minimum Gasteiger partial charge on any atom is -0.491 e. The molecule has 1 aromatic rings. The number of anilines is 1. The average molecular weight is 473 g/mol. The van der Waals surface area contributed by atoms with Crippen molar-refractivity contribution in [2.24, 2.45) is 26.4 Å². The van der Waals surface area contributed by atoms with Gasteiger partial charge in [0, 0.05) is 6.54 Å². The SMILES string of the molecule is CCCCCCCCCCCCCCOc1ccccc1NCCC(NC(=N)N)C1N=NN=N1. The smallest absolute Gasteiger partial charge is 0.205 e. The number of nitrogens with one attached hydrogen (secondary N) is 3. The minimum absolute atomic E-state index is 0.117. The second kappa shape index (κ2) is 17.7. The molecule has 0 fully saturated rings. The number of benzene rings is 1. The van der Waals surface area contributed by atoms with Gasteiger partial charge in [-0.3, -0.25) is 5.41 Å². The standard InChI is InChI=1S/C25H44N8O/c1-2-3-4-5-6-7-8-9-10-11-12-15-20-34-23-17-14-13-16-21(23)28-19-18-22(29-25(26)27)24-30-32-33-31-24/h13-14,16-17,22,24,28H,2-12,15,18-20H2,1H3,(H4,26,27,29). The van der Waals surface area contributed by atoms with E-state index in [1.165, 1.54) is 70.6 Å². The van der Waals surface area contributed by atoms with Crippen LogP contribution in [-0.4, -0.2) is 31.3 Å². The molecule has 34 heavy (non-hydrogen) atoms. The maximum atomic E-state index is 7.50. The number of para-hydroxylation sites is 2. The van der Waals surface area contributed by atoms with Gasteiger partial charge in [-0.2, -0.15) is 0 Å². The summed E-state index contributed by atoms with van der Waals surface area (Å²) >= 11 is 0. The van der Waals surface area contributed by atoms with Crippen molar-refractivity contribution in [3.05, 3.63) is 24.3 Å². The van der Waals surface area contributed by atoms with Gasteiger partial charge >= 0.3 is 0 Å². The van der Waals surface area contributed by atoms with Gasteiger partial charge < -0.3 is 21.1 Å². The molecule has 1 heterocycles. The van der Waals surface area contributed by atoms with Crippen LogP contribution in [0.1, 0.15) is 90.4 Å². The number of nitrogens with zero attached hydrogens (tertiary/aromatic N) is 4. The molecule has 2 rings (SSSR count). The van der Waals surface area contributed by atoms with E-state index in [2.05, 4.69) is 38.2 Å². The zero-order valence-electron chi connectivity index (χ0n) is 20.8. The van der Waals surface area contributed by atoms with Gasteiger partial charge in [-0.15, -0.1) is 10.2 Å². The van der Waals surface area contributed by atoms with E-state index >= 15 is 0 Å². The molecular weight excluding hydrogens is 428 g/mol. The second-order valence-corrected chi connectivity index (χ2v) is 8.94. The Labute approximate surface area is 204 Å². The molecule has 0 amide bonds. The van der Waals surface area contributed by atoms with Crippen molar-refractivity contribution in [2.75, 3.05) is 18.5 Å². The first-order valence-corrected chi connectivity index (χ1v) is 13.1. The van der Waals surface area contributed by atoms with Gasteiger partial charge in [0.1, 0.15) is 5.75 Å². The Morgan fingerprint density at radius 1 is 0.941 bits per heavy atom. The number of hydrogen-bond acceptors (Lipinski definition) is 7. The summed E-state index contributed by atoms with van der Waals surface area (Å²) in [6.45, 7) is 3.65. The van der Waals surface area contributed by atoms with Crippen molar-refractivity contribution in [2.45, 2.75) is 103 Å². The van der Waals surface area contributed by atoms with Gasteiger partial charge in [0.25, 0.3) is 0 Å². The molecule has 0 bridgehead atoms. The van der Waals surface area contributed by atoms with E-state index in [0.717, 1.165) is 24.5 Å². The van der Waals surface area contributed by atoms with Crippen LogP contribution in [0, 0.1) is 5.41 Å². The van der Waals surface area contributed by atoms with Gasteiger partial charge in [0.2, 0.25) is 6.17 Å². The highest BCUT2D eigenvalue weighted by Crippen LogP contribution is 2.24. The Bertz CT molecular complexity index is 727. The van der Waals surface area contributed by atoms with E-state index in [-0.39, 0.29) is 12.0 Å². The lowest BCUT2D eigenvalue weighted by atomic mass is 10.1. The predicted octanol–water partition coefficient (Wildman–Crippen LogP) is 6.58. The number of hydrogen-bond donors (Lipinski definition) is 4. The first kappa shape index (κ1) is 27.5. The van der Waals surface area contributed by atoms with Crippen molar-refractivity contribution < 1.29 is 4.74 Å². The number of rotatable bonds is 20. The Hall–Kier alpha value is -2.71. The van der Waals surface area contributed by atoms with Crippen LogP contribution >= 0.6 is 0 Å². The van der Waals surface area contributed by atoms with Crippen LogP contribution in [0.2, 0.25) is 0 Å². The third-order valence-electron chi connectivity index (χ3n) is 5.99. The van der Waals surface area contributed by atoms with Crippen LogP contribution in [0.5, 0.6) is 5.75 Å². The molecule has 1 aliphatic rings. The third-order valence-corrected chi connectivity index (χ3v) is 5.99. The van der Waals surface area contributed by atoms with Crippen LogP contribution in [0.25, 0.3) is 0 Å². The van der Waals surface area contributed by atoms with Crippen molar-refractivity contribution >= 4 is 11.6 Å².